The number of amides is 2. The van der Waals surface area contributed by atoms with Gasteiger partial charge in [-0.3, -0.25) is 9.59 Å². The van der Waals surface area contributed by atoms with Crippen LogP contribution < -0.4 is 0 Å². The molecule has 0 saturated carbocycles. The van der Waals surface area contributed by atoms with Gasteiger partial charge in [-0.1, -0.05) is 18.2 Å². The molecule has 4 rings (SSSR count). The summed E-state index contributed by atoms with van der Waals surface area (Å²) in [4.78, 5) is 36.5. The van der Waals surface area contributed by atoms with Crippen LogP contribution in [0.3, 0.4) is 0 Å². The zero-order valence-electron chi connectivity index (χ0n) is 15.5. The third kappa shape index (κ3) is 4.04. The Balaban J connectivity index is 1.37. The van der Waals surface area contributed by atoms with Crippen LogP contribution in [-0.4, -0.2) is 57.8 Å². The fraction of sp³-hybridized carbons (Fsp3) is 0.476. The number of nitrogens with one attached hydrogen (secondary N) is 1. The maximum Gasteiger partial charge on any atom is 0.253 e. The minimum atomic E-state index is 0.112. The Morgan fingerprint density at radius 1 is 1.15 bits per heavy atom. The highest BCUT2D eigenvalue weighted by molar-refractivity contribution is 5.94. The highest BCUT2D eigenvalue weighted by Crippen LogP contribution is 2.33. The van der Waals surface area contributed by atoms with E-state index in [0.717, 1.165) is 56.7 Å². The van der Waals surface area contributed by atoms with Crippen LogP contribution in [0.15, 0.2) is 42.9 Å². The van der Waals surface area contributed by atoms with Crippen molar-refractivity contribution in [3.63, 3.8) is 0 Å². The number of benzene rings is 1. The molecule has 0 aliphatic carbocycles. The highest BCUT2D eigenvalue weighted by atomic mass is 16.2. The molecular weight excluding hydrogens is 340 g/mol. The van der Waals surface area contributed by atoms with Crippen molar-refractivity contribution in [3.05, 3.63) is 54.1 Å². The maximum atomic E-state index is 12.8. The molecule has 1 N–H and O–H groups in total. The summed E-state index contributed by atoms with van der Waals surface area (Å²) in [6.07, 6.45) is 6.80. The number of hydrogen-bond donors (Lipinski definition) is 1. The van der Waals surface area contributed by atoms with Crippen LogP contribution >= 0.6 is 0 Å². The van der Waals surface area contributed by atoms with Gasteiger partial charge in [0, 0.05) is 56.5 Å². The van der Waals surface area contributed by atoms with Gasteiger partial charge in [-0.15, -0.1) is 0 Å². The van der Waals surface area contributed by atoms with E-state index in [0.29, 0.717) is 18.3 Å². The fourth-order valence-corrected chi connectivity index (χ4v) is 4.34. The normalized spacial score (nSPS) is 23.0. The standard InChI is InChI=1S/C21H26N4O2/c26-20-12-17-6-10-25(21(27)16-4-2-1-3-5-16)14-18(17)7-9-24(20)11-8-19-13-22-15-23-19/h1-5,13,15,17-18H,6-12,14H2,(H,22,23). The van der Waals surface area contributed by atoms with Crippen molar-refractivity contribution in [2.75, 3.05) is 26.2 Å². The Labute approximate surface area is 159 Å². The second-order valence-corrected chi connectivity index (χ2v) is 7.63. The summed E-state index contributed by atoms with van der Waals surface area (Å²) in [5.41, 5.74) is 1.81. The molecule has 2 unspecified atom stereocenters. The predicted molar refractivity (Wildman–Crippen MR) is 102 cm³/mol. The number of carbonyl (C=O) groups excluding carboxylic acids is 2. The van der Waals surface area contributed by atoms with Crippen molar-refractivity contribution in [1.82, 2.24) is 19.8 Å². The van der Waals surface area contributed by atoms with Crippen molar-refractivity contribution < 1.29 is 9.59 Å². The zero-order chi connectivity index (χ0) is 18.6. The van der Waals surface area contributed by atoms with Crippen LogP contribution in [0.25, 0.3) is 0 Å². The van der Waals surface area contributed by atoms with Gasteiger partial charge >= 0.3 is 0 Å². The van der Waals surface area contributed by atoms with E-state index in [2.05, 4.69) is 9.97 Å². The third-order valence-electron chi connectivity index (χ3n) is 5.96. The van der Waals surface area contributed by atoms with Gasteiger partial charge in [0.05, 0.1) is 6.33 Å². The molecule has 0 radical (unpaired) electrons. The molecule has 27 heavy (non-hydrogen) atoms. The first-order valence-electron chi connectivity index (χ1n) is 9.80. The number of rotatable bonds is 4. The van der Waals surface area contributed by atoms with E-state index in [-0.39, 0.29) is 11.8 Å². The van der Waals surface area contributed by atoms with Gasteiger partial charge in [0.15, 0.2) is 0 Å². The van der Waals surface area contributed by atoms with Crippen LogP contribution in [-0.2, 0) is 11.2 Å². The summed E-state index contributed by atoms with van der Waals surface area (Å²) in [5, 5.41) is 0. The van der Waals surface area contributed by atoms with Crippen molar-refractivity contribution in [2.45, 2.75) is 25.7 Å². The highest BCUT2D eigenvalue weighted by Gasteiger charge is 2.36. The topological polar surface area (TPSA) is 69.3 Å². The van der Waals surface area contributed by atoms with Gasteiger partial charge < -0.3 is 14.8 Å². The zero-order valence-corrected chi connectivity index (χ0v) is 15.5. The number of likely N-dealkylation sites (tertiary alicyclic amines) is 2. The fourth-order valence-electron chi connectivity index (χ4n) is 4.34. The van der Waals surface area contributed by atoms with E-state index >= 15 is 0 Å². The first-order valence-corrected chi connectivity index (χ1v) is 9.80. The number of imidazole rings is 1. The lowest BCUT2D eigenvalue weighted by Gasteiger charge is -2.37. The molecule has 1 aromatic carbocycles. The molecule has 2 atom stereocenters. The summed E-state index contributed by atoms with van der Waals surface area (Å²) >= 11 is 0. The molecule has 1 aromatic heterocycles. The molecule has 6 heteroatoms. The number of aromatic nitrogens is 2. The Morgan fingerprint density at radius 2 is 1.96 bits per heavy atom. The van der Waals surface area contributed by atoms with Crippen molar-refractivity contribution in [1.29, 1.82) is 0 Å². The van der Waals surface area contributed by atoms with Crippen LogP contribution in [0.4, 0.5) is 0 Å². The number of nitrogens with zero attached hydrogens (tertiary/aromatic N) is 3. The van der Waals surface area contributed by atoms with Gasteiger partial charge in [0.25, 0.3) is 5.91 Å². The van der Waals surface area contributed by atoms with Crippen LogP contribution in [0.2, 0.25) is 0 Å². The third-order valence-corrected chi connectivity index (χ3v) is 5.96. The number of hydrogen-bond acceptors (Lipinski definition) is 3. The van der Waals surface area contributed by atoms with E-state index in [1.165, 1.54) is 0 Å². The van der Waals surface area contributed by atoms with Crippen LogP contribution in [0, 0.1) is 11.8 Å². The minimum Gasteiger partial charge on any atom is -0.348 e. The molecular formula is C21H26N4O2. The van der Waals surface area contributed by atoms with Crippen LogP contribution in [0.5, 0.6) is 0 Å². The number of H-pyrrole nitrogens is 1. The van der Waals surface area contributed by atoms with Gasteiger partial charge in [0.2, 0.25) is 5.91 Å². The molecule has 6 nitrogen and oxygen atoms in total. The Hall–Kier alpha value is -2.63. The van der Waals surface area contributed by atoms with Gasteiger partial charge in [0.1, 0.15) is 0 Å². The Bertz CT molecular complexity index is 775. The first kappa shape index (κ1) is 17.8. The first-order chi connectivity index (χ1) is 13.2. The quantitative estimate of drug-likeness (QED) is 0.903. The summed E-state index contributed by atoms with van der Waals surface area (Å²) in [7, 11) is 0. The molecule has 2 fully saturated rings. The number of fused-ring (bicyclic) bond motifs is 1. The molecule has 2 amide bonds. The maximum absolute atomic E-state index is 12.8. The van der Waals surface area contributed by atoms with Crippen molar-refractivity contribution in [2.24, 2.45) is 11.8 Å². The minimum absolute atomic E-state index is 0.112. The Morgan fingerprint density at radius 3 is 2.74 bits per heavy atom. The molecule has 2 aliphatic rings. The summed E-state index contributed by atoms with van der Waals surface area (Å²) in [6.45, 7) is 3.02. The lowest BCUT2D eigenvalue weighted by Crippen LogP contribution is -2.43. The molecule has 0 spiro atoms. The molecule has 2 aliphatic heterocycles. The molecule has 3 heterocycles. The van der Waals surface area contributed by atoms with E-state index in [4.69, 9.17) is 0 Å². The van der Waals surface area contributed by atoms with Gasteiger partial charge in [-0.05, 0) is 36.8 Å². The number of aromatic amines is 1. The largest absolute Gasteiger partial charge is 0.348 e. The molecule has 0 bridgehead atoms. The second-order valence-electron chi connectivity index (χ2n) is 7.63. The lowest BCUT2D eigenvalue weighted by atomic mass is 9.82. The summed E-state index contributed by atoms with van der Waals surface area (Å²) < 4.78 is 0. The summed E-state index contributed by atoms with van der Waals surface area (Å²) in [6, 6.07) is 9.49. The predicted octanol–water partition coefficient (Wildman–Crippen LogP) is 2.35. The van der Waals surface area contributed by atoms with Crippen molar-refractivity contribution in [3.8, 4) is 0 Å². The Kier molecular flexibility index (Phi) is 5.23. The van der Waals surface area contributed by atoms with E-state index < -0.39 is 0 Å². The van der Waals surface area contributed by atoms with Crippen LogP contribution in [0.1, 0.15) is 35.3 Å². The van der Waals surface area contributed by atoms with Gasteiger partial charge in [-0.2, -0.15) is 0 Å². The SMILES string of the molecule is O=C1CC2CCN(C(=O)c3ccccc3)CC2CCN1CCc1cnc[nH]1. The second kappa shape index (κ2) is 7.94. The lowest BCUT2D eigenvalue weighted by molar-refractivity contribution is -0.131. The van der Waals surface area contributed by atoms with Gasteiger partial charge in [-0.25, -0.2) is 4.98 Å². The molecule has 2 saturated heterocycles. The smallest absolute Gasteiger partial charge is 0.253 e. The summed E-state index contributed by atoms with van der Waals surface area (Å²) in [5.74, 6) is 1.17. The van der Waals surface area contributed by atoms with E-state index in [1.807, 2.05) is 46.3 Å². The number of carbonyl (C=O) groups is 2. The monoisotopic (exact) mass is 366 g/mol. The molecule has 2 aromatic rings. The average Bonchev–Trinajstić information content (AvgIpc) is 3.17. The van der Waals surface area contributed by atoms with E-state index in [9.17, 15) is 9.59 Å². The van der Waals surface area contributed by atoms with E-state index in [1.54, 1.807) is 6.33 Å². The molecule has 142 valence electrons. The van der Waals surface area contributed by atoms with Crippen molar-refractivity contribution >= 4 is 11.8 Å². The average molecular weight is 366 g/mol. The number of piperidine rings is 1.